The van der Waals surface area contributed by atoms with E-state index in [0.717, 1.165) is 18.7 Å². The number of morpholine rings is 1. The van der Waals surface area contributed by atoms with Gasteiger partial charge in [0.15, 0.2) is 0 Å². The minimum Gasteiger partial charge on any atom is -0.491 e. The second kappa shape index (κ2) is 17.4. The van der Waals surface area contributed by atoms with Crippen LogP contribution in [0.25, 0.3) is 0 Å². The Bertz CT molecular complexity index is 1380. The van der Waals surface area contributed by atoms with Crippen molar-refractivity contribution in [2.45, 2.75) is 57.8 Å². The van der Waals surface area contributed by atoms with Gasteiger partial charge in [0.05, 0.1) is 31.2 Å². The second-order valence-electron chi connectivity index (χ2n) is 12.2. The molecular weight excluding hydrogens is 604 g/mol. The van der Waals surface area contributed by atoms with Gasteiger partial charge in [0.1, 0.15) is 30.5 Å². The zero-order valence-corrected chi connectivity index (χ0v) is 27.3. The van der Waals surface area contributed by atoms with Gasteiger partial charge >= 0.3 is 0 Å². The number of nitrogens with one attached hydrogen (secondary N) is 5. The van der Waals surface area contributed by atoms with Crippen molar-refractivity contribution >= 4 is 29.5 Å². The third kappa shape index (κ3) is 10.8. The normalized spacial score (nSPS) is 23.7. The molecule has 0 aromatic heterocycles. The van der Waals surface area contributed by atoms with E-state index in [1.807, 2.05) is 44.2 Å². The van der Waals surface area contributed by atoms with Gasteiger partial charge in [-0.1, -0.05) is 56.3 Å². The maximum Gasteiger partial charge on any atom is 0.255 e. The third-order valence-corrected chi connectivity index (χ3v) is 8.03. The second-order valence-corrected chi connectivity index (χ2v) is 12.2. The Balaban J connectivity index is 1.61. The summed E-state index contributed by atoms with van der Waals surface area (Å²) >= 11 is 0. The van der Waals surface area contributed by atoms with Crippen LogP contribution >= 0.6 is 0 Å². The van der Waals surface area contributed by atoms with Crippen LogP contribution in [-0.2, 0) is 30.3 Å². The molecule has 13 heteroatoms. The molecule has 0 aliphatic carbocycles. The molecule has 0 saturated carbocycles. The number of ether oxygens (including phenoxy) is 2. The molecule has 0 spiro atoms. The van der Waals surface area contributed by atoms with E-state index in [-0.39, 0.29) is 30.3 Å². The van der Waals surface area contributed by atoms with Crippen molar-refractivity contribution in [1.29, 1.82) is 0 Å². The first-order valence-corrected chi connectivity index (χ1v) is 16.1. The van der Waals surface area contributed by atoms with Crippen LogP contribution in [-0.4, -0.2) is 105 Å². The monoisotopic (exact) mass is 650 g/mol. The van der Waals surface area contributed by atoms with Gasteiger partial charge in [0.2, 0.25) is 23.6 Å². The van der Waals surface area contributed by atoms with E-state index >= 15 is 0 Å². The minimum atomic E-state index is -1.25. The fourth-order valence-electron chi connectivity index (χ4n) is 5.39. The van der Waals surface area contributed by atoms with Crippen molar-refractivity contribution in [3.63, 3.8) is 0 Å². The van der Waals surface area contributed by atoms with E-state index in [2.05, 4.69) is 31.5 Å². The number of carbonyl (C=O) groups is 5. The van der Waals surface area contributed by atoms with Gasteiger partial charge < -0.3 is 36.1 Å². The number of benzene rings is 2. The lowest BCUT2D eigenvalue weighted by molar-refractivity contribution is -0.133. The number of para-hydroxylation sites is 1. The van der Waals surface area contributed by atoms with E-state index in [0.29, 0.717) is 26.3 Å². The average molecular weight is 651 g/mol. The Labute approximate surface area is 275 Å². The number of carbonyl (C=O) groups excluding carboxylic acids is 5. The molecule has 254 valence electrons. The number of amides is 5. The Morgan fingerprint density at radius 3 is 2.34 bits per heavy atom. The molecule has 0 bridgehead atoms. The summed E-state index contributed by atoms with van der Waals surface area (Å²) in [4.78, 5) is 69.7. The van der Waals surface area contributed by atoms with Crippen molar-refractivity contribution < 1.29 is 33.4 Å². The topological polar surface area (TPSA) is 167 Å². The van der Waals surface area contributed by atoms with Gasteiger partial charge in [-0.25, -0.2) is 0 Å². The first-order chi connectivity index (χ1) is 22.6. The largest absolute Gasteiger partial charge is 0.491 e. The lowest BCUT2D eigenvalue weighted by Crippen LogP contribution is -2.57. The Morgan fingerprint density at radius 1 is 0.915 bits per heavy atom. The summed E-state index contributed by atoms with van der Waals surface area (Å²) in [6.07, 6.45) is -0.285. The number of fused-ring (bicyclic) bond motifs is 1. The van der Waals surface area contributed by atoms with Crippen molar-refractivity contribution in [1.82, 2.24) is 31.5 Å². The summed E-state index contributed by atoms with van der Waals surface area (Å²) in [5, 5.41) is 14.0. The predicted octanol–water partition coefficient (Wildman–Crippen LogP) is 0.389. The van der Waals surface area contributed by atoms with E-state index in [1.54, 1.807) is 31.2 Å². The van der Waals surface area contributed by atoms with Crippen molar-refractivity contribution in [3.8, 4) is 5.75 Å². The van der Waals surface area contributed by atoms with Crippen LogP contribution in [0.5, 0.6) is 5.75 Å². The van der Waals surface area contributed by atoms with Crippen LogP contribution < -0.4 is 31.3 Å². The van der Waals surface area contributed by atoms with Crippen LogP contribution in [0, 0.1) is 5.92 Å². The summed E-state index contributed by atoms with van der Waals surface area (Å²) in [7, 11) is 0. The summed E-state index contributed by atoms with van der Waals surface area (Å²) < 4.78 is 11.3. The maximum absolute atomic E-state index is 13.7. The molecule has 2 heterocycles. The summed E-state index contributed by atoms with van der Waals surface area (Å²) in [5.74, 6) is -2.74. The molecule has 2 aromatic carbocycles. The molecule has 0 radical (unpaired) electrons. The number of hydrogen-bond acceptors (Lipinski definition) is 8. The molecule has 2 aliphatic rings. The first kappa shape index (κ1) is 35.4. The SMILES string of the molecule is CC(C)[C@H]1NC(=O)[C@H](Cc2ccccc2)NC(=O)C[C@@H](C(=O)NCCN2CCOCC2)NC(=O)c2ccccc2OC[C@H](C)NC1=O. The van der Waals surface area contributed by atoms with Gasteiger partial charge in [0, 0.05) is 32.6 Å². The first-order valence-electron chi connectivity index (χ1n) is 16.1. The molecule has 2 aliphatic heterocycles. The number of rotatable bonds is 7. The van der Waals surface area contributed by atoms with Gasteiger partial charge in [0.25, 0.3) is 5.91 Å². The van der Waals surface area contributed by atoms with Crippen LogP contribution in [0.4, 0.5) is 0 Å². The van der Waals surface area contributed by atoms with Crippen molar-refractivity contribution in [3.05, 3.63) is 65.7 Å². The molecule has 13 nitrogen and oxygen atoms in total. The zero-order valence-electron chi connectivity index (χ0n) is 27.3. The molecular formula is C34H46N6O7. The summed E-state index contributed by atoms with van der Waals surface area (Å²) in [6.45, 7) is 9.04. The lowest BCUT2D eigenvalue weighted by Gasteiger charge is -2.27. The van der Waals surface area contributed by atoms with Gasteiger partial charge in [-0.3, -0.25) is 28.9 Å². The molecule has 1 fully saturated rings. The molecule has 4 rings (SSSR count). The quantitative estimate of drug-likeness (QED) is 0.287. The van der Waals surface area contributed by atoms with Crippen LogP contribution in [0.2, 0.25) is 0 Å². The standard InChI is InChI=1S/C34H46N6O7/c1-22(2)30-34(45)36-23(3)21-47-28-12-8-7-11-25(28)31(42)38-27(32(43)35-13-14-40-15-17-46-18-16-40)20-29(41)37-26(33(44)39-30)19-24-9-5-4-6-10-24/h4-12,22-23,26-27,30H,13-21H2,1-3H3,(H,35,43)(H,36,45)(H,37,41)(H,38,42)(H,39,44)/t23-,26-,27-,30+/m0/s1. The van der Waals surface area contributed by atoms with Crippen LogP contribution in [0.3, 0.4) is 0 Å². The Kier molecular flexibility index (Phi) is 13.1. The van der Waals surface area contributed by atoms with Gasteiger partial charge in [-0.2, -0.15) is 0 Å². The zero-order chi connectivity index (χ0) is 33.8. The third-order valence-electron chi connectivity index (χ3n) is 8.03. The highest BCUT2D eigenvalue weighted by Crippen LogP contribution is 2.19. The van der Waals surface area contributed by atoms with Gasteiger partial charge in [-0.15, -0.1) is 0 Å². The Hall–Kier alpha value is -4.49. The smallest absolute Gasteiger partial charge is 0.255 e. The van der Waals surface area contributed by atoms with E-state index in [4.69, 9.17) is 9.47 Å². The van der Waals surface area contributed by atoms with Gasteiger partial charge in [-0.05, 0) is 30.5 Å². The molecule has 47 heavy (non-hydrogen) atoms. The van der Waals surface area contributed by atoms with E-state index in [9.17, 15) is 24.0 Å². The van der Waals surface area contributed by atoms with Crippen molar-refractivity contribution in [2.24, 2.45) is 5.92 Å². The highest BCUT2D eigenvalue weighted by molar-refractivity contribution is 6.01. The molecule has 2 aromatic rings. The van der Waals surface area contributed by atoms with E-state index < -0.39 is 60.1 Å². The number of nitrogens with zero attached hydrogens (tertiary/aromatic N) is 1. The number of hydrogen-bond donors (Lipinski definition) is 5. The van der Waals surface area contributed by atoms with Crippen LogP contribution in [0.15, 0.2) is 54.6 Å². The van der Waals surface area contributed by atoms with Crippen LogP contribution in [0.1, 0.15) is 43.1 Å². The summed E-state index contributed by atoms with van der Waals surface area (Å²) in [6, 6.07) is 12.0. The van der Waals surface area contributed by atoms with Crippen molar-refractivity contribution in [2.75, 3.05) is 46.0 Å². The summed E-state index contributed by atoms with van der Waals surface area (Å²) in [5.41, 5.74) is 0.957. The molecule has 1 saturated heterocycles. The average Bonchev–Trinajstić information content (AvgIpc) is 3.06. The fourth-order valence-corrected chi connectivity index (χ4v) is 5.39. The fraction of sp³-hybridized carbons (Fsp3) is 0.500. The predicted molar refractivity (Wildman–Crippen MR) is 175 cm³/mol. The van der Waals surface area contributed by atoms with E-state index in [1.165, 1.54) is 0 Å². The molecule has 0 unspecified atom stereocenters. The Morgan fingerprint density at radius 2 is 1.62 bits per heavy atom. The lowest BCUT2D eigenvalue weighted by atomic mass is 10.0. The highest BCUT2D eigenvalue weighted by Gasteiger charge is 2.32. The maximum atomic E-state index is 13.7. The minimum absolute atomic E-state index is 0.0386. The highest BCUT2D eigenvalue weighted by atomic mass is 16.5. The molecule has 5 N–H and O–H groups in total. The molecule has 5 amide bonds. The molecule has 4 atom stereocenters.